The lowest BCUT2D eigenvalue weighted by molar-refractivity contribution is 0.291. The zero-order chi connectivity index (χ0) is 12.1. The first-order valence-electron chi connectivity index (χ1n) is 6.38. The number of hydrogen-bond acceptors (Lipinski definition) is 3. The summed E-state index contributed by atoms with van der Waals surface area (Å²) in [6.07, 6.45) is 6.37. The number of pyridine rings is 1. The van der Waals surface area contributed by atoms with Crippen molar-refractivity contribution in [1.82, 2.24) is 10.3 Å². The van der Waals surface area contributed by atoms with E-state index >= 15 is 0 Å². The van der Waals surface area contributed by atoms with Crippen LogP contribution in [0.2, 0.25) is 0 Å². The van der Waals surface area contributed by atoms with Gasteiger partial charge in [0.25, 0.3) is 0 Å². The normalized spacial score (nSPS) is 26.1. The van der Waals surface area contributed by atoms with Crippen molar-refractivity contribution in [3.8, 4) is 6.07 Å². The molecule has 1 aromatic rings. The Labute approximate surface area is 103 Å². The summed E-state index contributed by atoms with van der Waals surface area (Å²) in [4.78, 5) is 4.35. The van der Waals surface area contributed by atoms with Gasteiger partial charge in [-0.05, 0) is 31.9 Å². The summed E-state index contributed by atoms with van der Waals surface area (Å²) in [5, 5.41) is 12.7. The van der Waals surface area contributed by atoms with Gasteiger partial charge in [0, 0.05) is 18.3 Å². The van der Waals surface area contributed by atoms with Crippen molar-refractivity contribution in [3.05, 3.63) is 30.1 Å². The van der Waals surface area contributed by atoms with Crippen molar-refractivity contribution in [2.24, 2.45) is 5.92 Å². The highest BCUT2D eigenvalue weighted by molar-refractivity contribution is 5.08. The number of nitriles is 1. The van der Waals surface area contributed by atoms with Gasteiger partial charge in [0.15, 0.2) is 0 Å². The summed E-state index contributed by atoms with van der Waals surface area (Å²) in [7, 11) is 0. The van der Waals surface area contributed by atoms with Crippen LogP contribution in [0.5, 0.6) is 0 Å². The van der Waals surface area contributed by atoms with Gasteiger partial charge in [-0.3, -0.25) is 4.98 Å². The van der Waals surface area contributed by atoms with Crippen molar-refractivity contribution in [1.29, 1.82) is 5.26 Å². The average Bonchev–Trinajstić information content (AvgIpc) is 2.40. The Hall–Kier alpha value is -1.40. The van der Waals surface area contributed by atoms with Gasteiger partial charge in [0.05, 0.1) is 17.7 Å². The zero-order valence-electron chi connectivity index (χ0n) is 10.3. The van der Waals surface area contributed by atoms with Crippen LogP contribution in [-0.2, 0) is 0 Å². The van der Waals surface area contributed by atoms with Gasteiger partial charge in [0.1, 0.15) is 0 Å². The minimum atomic E-state index is 0.162. The van der Waals surface area contributed by atoms with Gasteiger partial charge in [-0.1, -0.05) is 18.9 Å². The topological polar surface area (TPSA) is 48.7 Å². The third-order valence-corrected chi connectivity index (χ3v) is 3.53. The Kier molecular flexibility index (Phi) is 4.11. The molecule has 2 rings (SSSR count). The SMILES string of the molecule is C[C@H](NC1CCCCC1C#N)c1ccccn1. The van der Waals surface area contributed by atoms with Gasteiger partial charge in [-0.25, -0.2) is 0 Å². The molecule has 0 bridgehead atoms. The lowest BCUT2D eigenvalue weighted by Crippen LogP contribution is -2.39. The van der Waals surface area contributed by atoms with Gasteiger partial charge in [0.2, 0.25) is 0 Å². The maximum atomic E-state index is 9.14. The molecule has 1 saturated carbocycles. The first kappa shape index (κ1) is 12.1. The summed E-state index contributed by atoms with van der Waals surface area (Å²) in [5.41, 5.74) is 1.05. The van der Waals surface area contributed by atoms with Crippen LogP contribution in [0.25, 0.3) is 0 Å². The van der Waals surface area contributed by atoms with Gasteiger partial charge >= 0.3 is 0 Å². The quantitative estimate of drug-likeness (QED) is 0.867. The monoisotopic (exact) mass is 229 g/mol. The van der Waals surface area contributed by atoms with Crippen LogP contribution >= 0.6 is 0 Å². The highest BCUT2D eigenvalue weighted by atomic mass is 15.0. The lowest BCUT2D eigenvalue weighted by atomic mass is 9.85. The van der Waals surface area contributed by atoms with Crippen LogP contribution in [0.1, 0.15) is 44.3 Å². The highest BCUT2D eigenvalue weighted by Gasteiger charge is 2.26. The second-order valence-corrected chi connectivity index (χ2v) is 4.77. The molecule has 1 heterocycles. The predicted octanol–water partition coefficient (Wildman–Crippen LogP) is 2.81. The molecule has 90 valence electrons. The van der Waals surface area contributed by atoms with Gasteiger partial charge < -0.3 is 5.32 Å². The molecule has 0 spiro atoms. The van der Waals surface area contributed by atoms with Crippen molar-refractivity contribution >= 4 is 0 Å². The molecular weight excluding hydrogens is 210 g/mol. The van der Waals surface area contributed by atoms with Crippen LogP contribution < -0.4 is 5.32 Å². The first-order valence-corrected chi connectivity index (χ1v) is 6.38. The van der Waals surface area contributed by atoms with Crippen LogP contribution in [0.4, 0.5) is 0 Å². The van der Waals surface area contributed by atoms with E-state index in [4.69, 9.17) is 5.26 Å². The van der Waals surface area contributed by atoms with E-state index in [0.29, 0.717) is 6.04 Å². The molecule has 3 heteroatoms. The van der Waals surface area contributed by atoms with E-state index in [2.05, 4.69) is 23.3 Å². The molecular formula is C14H19N3. The van der Waals surface area contributed by atoms with Crippen molar-refractivity contribution < 1.29 is 0 Å². The number of aromatic nitrogens is 1. The van der Waals surface area contributed by atoms with Crippen LogP contribution in [0.15, 0.2) is 24.4 Å². The minimum absolute atomic E-state index is 0.162. The van der Waals surface area contributed by atoms with Crippen molar-refractivity contribution in [3.63, 3.8) is 0 Å². The fraction of sp³-hybridized carbons (Fsp3) is 0.571. The number of nitrogens with one attached hydrogen (secondary N) is 1. The summed E-state index contributed by atoms with van der Waals surface area (Å²) in [5.74, 6) is 0.162. The Morgan fingerprint density at radius 2 is 2.24 bits per heavy atom. The van der Waals surface area contributed by atoms with Crippen molar-refractivity contribution in [2.75, 3.05) is 0 Å². The summed E-state index contributed by atoms with van der Waals surface area (Å²) >= 11 is 0. The summed E-state index contributed by atoms with van der Waals surface area (Å²) < 4.78 is 0. The van der Waals surface area contributed by atoms with E-state index in [0.717, 1.165) is 18.5 Å². The Bertz CT molecular complexity index is 382. The standard InChI is InChI=1S/C14H19N3/c1-11(13-7-4-5-9-16-13)17-14-8-3-2-6-12(14)10-15/h4-5,7,9,11-12,14,17H,2-3,6,8H2,1H3/t11-,12?,14?/m0/s1. The van der Waals surface area contributed by atoms with Crippen molar-refractivity contribution in [2.45, 2.75) is 44.7 Å². The molecule has 3 nitrogen and oxygen atoms in total. The smallest absolute Gasteiger partial charge is 0.0672 e. The summed E-state index contributed by atoms with van der Waals surface area (Å²) in [6.45, 7) is 2.12. The van der Waals surface area contributed by atoms with Crippen LogP contribution in [-0.4, -0.2) is 11.0 Å². The highest BCUT2D eigenvalue weighted by Crippen LogP contribution is 2.25. The molecule has 0 aliphatic heterocycles. The van der Waals surface area contributed by atoms with Crippen LogP contribution in [0, 0.1) is 17.2 Å². The Morgan fingerprint density at radius 3 is 2.94 bits per heavy atom. The number of rotatable bonds is 3. The van der Waals surface area contributed by atoms with Gasteiger partial charge in [-0.15, -0.1) is 0 Å². The molecule has 1 N–H and O–H groups in total. The molecule has 2 unspecified atom stereocenters. The third kappa shape index (κ3) is 3.04. The Balaban J connectivity index is 1.98. The summed E-state index contributed by atoms with van der Waals surface area (Å²) in [6, 6.07) is 8.93. The minimum Gasteiger partial charge on any atom is -0.305 e. The fourth-order valence-electron chi connectivity index (χ4n) is 2.52. The van der Waals surface area contributed by atoms with E-state index in [9.17, 15) is 0 Å². The number of hydrogen-bond donors (Lipinski definition) is 1. The van der Waals surface area contributed by atoms with Gasteiger partial charge in [-0.2, -0.15) is 5.26 Å². The second kappa shape index (κ2) is 5.79. The molecule has 17 heavy (non-hydrogen) atoms. The molecule has 1 aliphatic carbocycles. The molecule has 1 aliphatic rings. The molecule has 3 atom stereocenters. The zero-order valence-corrected chi connectivity index (χ0v) is 10.3. The van der Waals surface area contributed by atoms with E-state index in [-0.39, 0.29) is 12.0 Å². The largest absolute Gasteiger partial charge is 0.305 e. The maximum Gasteiger partial charge on any atom is 0.0672 e. The maximum absolute atomic E-state index is 9.14. The molecule has 0 radical (unpaired) electrons. The van der Waals surface area contributed by atoms with E-state index in [1.165, 1.54) is 12.8 Å². The second-order valence-electron chi connectivity index (χ2n) is 4.77. The van der Waals surface area contributed by atoms with E-state index in [1.54, 1.807) is 0 Å². The number of nitrogens with zero attached hydrogens (tertiary/aromatic N) is 2. The van der Waals surface area contributed by atoms with E-state index in [1.807, 2.05) is 24.4 Å². The molecule has 1 fully saturated rings. The van der Waals surface area contributed by atoms with Crippen LogP contribution in [0.3, 0.4) is 0 Å². The Morgan fingerprint density at radius 1 is 1.41 bits per heavy atom. The molecule has 0 saturated heterocycles. The van der Waals surface area contributed by atoms with E-state index < -0.39 is 0 Å². The molecule has 0 amide bonds. The third-order valence-electron chi connectivity index (χ3n) is 3.53. The molecule has 0 aromatic carbocycles. The lowest BCUT2D eigenvalue weighted by Gasteiger charge is -2.30. The first-order chi connectivity index (χ1) is 8.31. The molecule has 1 aromatic heterocycles. The predicted molar refractivity (Wildman–Crippen MR) is 67.1 cm³/mol. The fourth-order valence-corrected chi connectivity index (χ4v) is 2.52. The average molecular weight is 229 g/mol.